The van der Waals surface area contributed by atoms with Crippen molar-refractivity contribution < 1.29 is 8.76 Å². The van der Waals surface area contributed by atoms with Gasteiger partial charge in [0.2, 0.25) is 10.2 Å². The van der Waals surface area contributed by atoms with E-state index < -0.39 is 10.2 Å². The van der Waals surface area contributed by atoms with Gasteiger partial charge in [-0.05, 0) is 57.9 Å². The molecular weight excluding hydrogens is 432 g/mol. The zero-order valence-corrected chi connectivity index (χ0v) is 16.3. The van der Waals surface area contributed by atoms with Crippen LogP contribution in [0, 0.1) is 11.3 Å². The molecule has 3 N–H and O–H groups in total. The number of halogens is 1. The van der Waals surface area contributed by atoms with E-state index in [1.165, 1.54) is 0 Å². The van der Waals surface area contributed by atoms with Gasteiger partial charge in [-0.2, -0.15) is 9.62 Å². The Morgan fingerprint density at radius 2 is 2.07 bits per heavy atom. The summed E-state index contributed by atoms with van der Waals surface area (Å²) in [5, 5.41) is 16.0. The highest BCUT2D eigenvalue weighted by Crippen LogP contribution is 2.28. The van der Waals surface area contributed by atoms with E-state index in [9.17, 15) is 8.76 Å². The van der Waals surface area contributed by atoms with E-state index in [0.717, 1.165) is 11.3 Å². The number of benzene rings is 2. The van der Waals surface area contributed by atoms with Crippen molar-refractivity contribution in [2.45, 2.75) is 6.54 Å². The van der Waals surface area contributed by atoms with Crippen LogP contribution < -0.4 is 10.1 Å². The first-order chi connectivity index (χ1) is 12.9. The lowest BCUT2D eigenvalue weighted by Gasteiger charge is -2.26. The third kappa shape index (κ3) is 4.93. The van der Waals surface area contributed by atoms with Crippen molar-refractivity contribution in [3.63, 3.8) is 0 Å². The number of hydrogen-bond donors (Lipinski definition) is 2. The van der Waals surface area contributed by atoms with Crippen LogP contribution in [0.25, 0.3) is 0 Å². The molecule has 0 amide bonds. The predicted octanol–water partition coefficient (Wildman–Crippen LogP) is 3.43. The number of nitrogens with two attached hydrogens (primary N) is 1. The van der Waals surface area contributed by atoms with Crippen molar-refractivity contribution in [3.8, 4) is 6.07 Å². The molecule has 1 unspecified atom stereocenters. The van der Waals surface area contributed by atoms with Crippen LogP contribution in [0.5, 0.6) is 0 Å². The molecule has 27 heavy (non-hydrogen) atoms. The molecule has 8 nitrogen and oxygen atoms in total. The van der Waals surface area contributed by atoms with Gasteiger partial charge in [-0.15, -0.1) is 0 Å². The van der Waals surface area contributed by atoms with Crippen LogP contribution in [0.15, 0.2) is 70.0 Å². The summed E-state index contributed by atoms with van der Waals surface area (Å²) >= 11 is 3.35. The number of hydrogen-bond acceptors (Lipinski definition) is 5. The molecule has 0 aliphatic rings. The molecule has 138 valence electrons. The summed E-state index contributed by atoms with van der Waals surface area (Å²) < 4.78 is 26.4. The summed E-state index contributed by atoms with van der Waals surface area (Å²) in [6, 6.07) is 14.5. The van der Waals surface area contributed by atoms with E-state index in [1.807, 2.05) is 28.0 Å². The van der Waals surface area contributed by atoms with Crippen LogP contribution in [0.1, 0.15) is 11.1 Å². The molecule has 1 atom stereocenters. The molecule has 0 fully saturated rings. The van der Waals surface area contributed by atoms with Gasteiger partial charge in [0.05, 0.1) is 29.6 Å². The van der Waals surface area contributed by atoms with Crippen LogP contribution in [-0.2, 0) is 16.7 Å². The van der Waals surface area contributed by atoms with E-state index in [2.05, 4.69) is 31.3 Å². The Morgan fingerprint density at radius 3 is 2.63 bits per heavy atom. The van der Waals surface area contributed by atoms with Gasteiger partial charge in [0.15, 0.2) is 0 Å². The zero-order chi connectivity index (χ0) is 19.4. The van der Waals surface area contributed by atoms with E-state index >= 15 is 0 Å². The summed E-state index contributed by atoms with van der Waals surface area (Å²) in [7, 11) is -3.72. The third-order valence-electron chi connectivity index (χ3n) is 3.64. The van der Waals surface area contributed by atoms with Crippen LogP contribution in [0.4, 0.5) is 11.4 Å². The van der Waals surface area contributed by atoms with Crippen molar-refractivity contribution >= 4 is 37.5 Å². The summed E-state index contributed by atoms with van der Waals surface area (Å²) in [6.07, 6.45) is 5.16. The highest BCUT2D eigenvalue weighted by atomic mass is 79.9. The fourth-order valence-electron chi connectivity index (χ4n) is 2.45. The molecule has 1 heterocycles. The van der Waals surface area contributed by atoms with Gasteiger partial charge in [-0.25, -0.2) is 19.0 Å². The number of anilines is 1. The van der Waals surface area contributed by atoms with Gasteiger partial charge in [0.25, 0.3) is 0 Å². The second kappa shape index (κ2) is 7.89. The predicted molar refractivity (Wildman–Crippen MR) is 106 cm³/mol. The molecule has 3 rings (SSSR count). The Labute approximate surface area is 165 Å². The largest absolute Gasteiger partial charge is 0.288 e. The molecule has 0 saturated heterocycles. The average Bonchev–Trinajstić information content (AvgIpc) is 3.15. The molecule has 0 saturated carbocycles. The quantitative estimate of drug-likeness (QED) is 0.621. The lowest BCUT2D eigenvalue weighted by atomic mass is 10.2. The first kappa shape index (κ1) is 19.1. The monoisotopic (exact) mass is 446 g/mol. The second-order valence-electron chi connectivity index (χ2n) is 5.57. The molecule has 2 aromatic carbocycles. The highest BCUT2D eigenvalue weighted by Gasteiger charge is 2.11. The first-order valence-electron chi connectivity index (χ1n) is 7.67. The fourth-order valence-corrected chi connectivity index (χ4v) is 3.52. The SMILES string of the molecule is N#Cc1ccc(N(Cc2ccc(N=S(N)(=O)O)c(Br)c2)n2ccnc2)cc1. The van der Waals surface area contributed by atoms with Crippen molar-refractivity contribution in [1.82, 2.24) is 9.66 Å². The van der Waals surface area contributed by atoms with Crippen molar-refractivity contribution in [3.05, 3.63) is 76.8 Å². The van der Waals surface area contributed by atoms with Crippen molar-refractivity contribution in [2.75, 3.05) is 5.01 Å². The number of imidazole rings is 1. The molecule has 0 spiro atoms. The minimum atomic E-state index is -3.72. The molecule has 0 aliphatic carbocycles. The van der Waals surface area contributed by atoms with Gasteiger partial charge >= 0.3 is 0 Å². The van der Waals surface area contributed by atoms with Crippen LogP contribution in [-0.4, -0.2) is 18.4 Å². The Balaban J connectivity index is 1.94. The van der Waals surface area contributed by atoms with Crippen molar-refractivity contribution in [1.29, 1.82) is 5.26 Å². The third-order valence-corrected chi connectivity index (χ3v) is 4.73. The maximum absolute atomic E-state index is 11.3. The Morgan fingerprint density at radius 1 is 1.33 bits per heavy atom. The molecule has 0 radical (unpaired) electrons. The normalized spacial score (nSPS) is 12.8. The number of nitriles is 1. The Bertz CT molecular complexity index is 1090. The molecule has 10 heteroatoms. The van der Waals surface area contributed by atoms with Gasteiger partial charge in [0, 0.05) is 16.9 Å². The van der Waals surface area contributed by atoms with Crippen LogP contribution in [0.2, 0.25) is 0 Å². The molecule has 0 bridgehead atoms. The minimum Gasteiger partial charge on any atom is -0.288 e. The zero-order valence-electron chi connectivity index (χ0n) is 13.9. The average molecular weight is 447 g/mol. The van der Waals surface area contributed by atoms with Gasteiger partial charge in [-0.1, -0.05) is 6.07 Å². The van der Waals surface area contributed by atoms with Crippen LogP contribution >= 0.6 is 15.9 Å². The lowest BCUT2D eigenvalue weighted by Crippen LogP contribution is -2.27. The summed E-state index contributed by atoms with van der Waals surface area (Å²) in [5.74, 6) is 0. The minimum absolute atomic E-state index is 0.293. The maximum Gasteiger partial charge on any atom is 0.231 e. The summed E-state index contributed by atoms with van der Waals surface area (Å²) in [5.41, 5.74) is 2.66. The number of rotatable bonds is 5. The van der Waals surface area contributed by atoms with Gasteiger partial charge in [-0.3, -0.25) is 9.56 Å². The Hall–Kier alpha value is -2.71. The molecular formula is C17H15BrN6O2S. The van der Waals surface area contributed by atoms with E-state index in [4.69, 9.17) is 10.4 Å². The van der Waals surface area contributed by atoms with E-state index in [1.54, 1.807) is 42.9 Å². The topological polar surface area (TPSA) is 121 Å². The van der Waals surface area contributed by atoms with Crippen LogP contribution in [0.3, 0.4) is 0 Å². The summed E-state index contributed by atoms with van der Waals surface area (Å²) in [6.45, 7) is 0.484. The lowest BCUT2D eigenvalue weighted by molar-refractivity contribution is 0.554. The van der Waals surface area contributed by atoms with E-state index in [-0.39, 0.29) is 0 Å². The highest BCUT2D eigenvalue weighted by molar-refractivity contribution is 9.10. The standard InChI is InChI=1S/C17H15BrN6O2S/c18-16-9-14(3-6-17(16)22-27(20,25)26)11-24(23-8-7-21-12-23)15-4-1-13(10-19)2-5-15/h1-9,12H,11H2,(H3,20,22,25,26). The second-order valence-corrected chi connectivity index (χ2v) is 7.69. The fraction of sp³-hybridized carbons (Fsp3) is 0.0588. The molecule has 1 aromatic heterocycles. The molecule has 3 aromatic rings. The van der Waals surface area contributed by atoms with E-state index in [0.29, 0.717) is 22.3 Å². The smallest absolute Gasteiger partial charge is 0.231 e. The van der Waals surface area contributed by atoms with Gasteiger partial charge in [0.1, 0.15) is 6.33 Å². The number of nitrogens with zero attached hydrogens (tertiary/aromatic N) is 5. The summed E-state index contributed by atoms with van der Waals surface area (Å²) in [4.78, 5) is 4.09. The van der Waals surface area contributed by atoms with Gasteiger partial charge < -0.3 is 0 Å². The maximum atomic E-state index is 11.3. The van der Waals surface area contributed by atoms with Crippen molar-refractivity contribution in [2.24, 2.45) is 9.50 Å². The first-order valence-corrected chi connectivity index (χ1v) is 10.0. The number of aromatic nitrogens is 2. The molecule has 0 aliphatic heterocycles. The Kier molecular flexibility index (Phi) is 5.57.